The van der Waals surface area contributed by atoms with Gasteiger partial charge >= 0.3 is 5.97 Å². The largest absolute Gasteiger partial charge is 0.496 e. The van der Waals surface area contributed by atoms with Crippen LogP contribution in [0.2, 0.25) is 0 Å². The van der Waals surface area contributed by atoms with Crippen molar-refractivity contribution in [3.05, 3.63) is 53.1 Å². The summed E-state index contributed by atoms with van der Waals surface area (Å²) in [6, 6.07) is 10.2. The molecule has 1 aliphatic heterocycles. The average Bonchev–Trinajstić information content (AvgIpc) is 2.86. The van der Waals surface area contributed by atoms with Crippen LogP contribution in [0, 0.1) is 6.92 Å². The van der Waals surface area contributed by atoms with E-state index >= 15 is 0 Å². The van der Waals surface area contributed by atoms with E-state index in [0.29, 0.717) is 48.9 Å². The average molecular weight is 520 g/mol. The number of benzene rings is 2. The number of esters is 1. The van der Waals surface area contributed by atoms with Crippen molar-refractivity contribution >= 4 is 17.0 Å². The monoisotopic (exact) mass is 519 g/mol. The summed E-state index contributed by atoms with van der Waals surface area (Å²) in [6.07, 6.45) is 1.72. The van der Waals surface area contributed by atoms with Crippen molar-refractivity contribution in [3.63, 3.8) is 0 Å². The van der Waals surface area contributed by atoms with Crippen LogP contribution in [0.1, 0.15) is 67.6 Å². The molecule has 2 aromatic carbocycles. The molecule has 1 fully saturated rings. The van der Waals surface area contributed by atoms with Crippen LogP contribution in [-0.4, -0.2) is 48.6 Å². The number of hydrogen-bond donors (Lipinski definition) is 1. The number of carbonyl (C=O) groups is 1. The Labute approximate surface area is 216 Å². The summed E-state index contributed by atoms with van der Waals surface area (Å²) in [7, 11) is 1.70. The van der Waals surface area contributed by atoms with Crippen LogP contribution in [0.15, 0.2) is 36.4 Å². The SMILES string of the molecule is COc1cc([C@H](CCC2OCCCO2)N[S@@](=O)C(C)(C)C)c(OC)c(C)c1C(=O)Oc1ccccc1. The zero-order valence-electron chi connectivity index (χ0n) is 21.9. The molecule has 0 saturated carbocycles. The van der Waals surface area contributed by atoms with E-state index in [1.807, 2.05) is 26.8 Å². The molecule has 198 valence electrons. The standard InChI is InChI=1S/C27H37NO7S/c1-18-24(26(29)35-19-11-8-7-9-12-19)22(31-5)17-20(25(18)32-6)21(28-36(30)27(2,3)4)13-14-23-33-15-10-16-34-23/h7-9,11-12,17,21,23,28H,10,13-16H2,1-6H3/t21-,36-/m0/s1. The van der Waals surface area contributed by atoms with Gasteiger partial charge in [0.15, 0.2) is 6.29 Å². The van der Waals surface area contributed by atoms with Gasteiger partial charge in [-0.2, -0.15) is 0 Å². The molecule has 0 radical (unpaired) electrons. The highest BCUT2D eigenvalue weighted by Gasteiger charge is 2.31. The van der Waals surface area contributed by atoms with Gasteiger partial charge < -0.3 is 23.7 Å². The van der Waals surface area contributed by atoms with Crippen LogP contribution in [0.4, 0.5) is 0 Å². The maximum atomic E-state index is 13.2. The first-order valence-electron chi connectivity index (χ1n) is 12.1. The summed E-state index contributed by atoms with van der Waals surface area (Å²) < 4.78 is 44.4. The molecule has 1 heterocycles. The second-order valence-electron chi connectivity index (χ2n) is 9.56. The molecule has 2 aromatic rings. The van der Waals surface area contributed by atoms with Gasteiger partial charge in [0.1, 0.15) is 22.8 Å². The first-order valence-corrected chi connectivity index (χ1v) is 13.2. The first-order chi connectivity index (χ1) is 17.2. The third kappa shape index (κ3) is 7.06. The van der Waals surface area contributed by atoms with Crippen LogP contribution in [0.5, 0.6) is 17.2 Å². The first kappa shape index (κ1) is 28.1. The number of rotatable bonds is 10. The van der Waals surface area contributed by atoms with Crippen molar-refractivity contribution in [1.82, 2.24) is 4.72 Å². The molecular formula is C27H37NO7S. The molecule has 3 rings (SSSR count). The van der Waals surface area contributed by atoms with E-state index in [9.17, 15) is 9.00 Å². The van der Waals surface area contributed by atoms with Gasteiger partial charge in [0.05, 0.1) is 43.2 Å². The fourth-order valence-electron chi connectivity index (χ4n) is 3.97. The van der Waals surface area contributed by atoms with Gasteiger partial charge in [0.2, 0.25) is 0 Å². The van der Waals surface area contributed by atoms with E-state index in [4.69, 9.17) is 23.7 Å². The number of nitrogens with one attached hydrogen (secondary N) is 1. The van der Waals surface area contributed by atoms with Crippen LogP contribution in [0.25, 0.3) is 0 Å². The third-order valence-electron chi connectivity index (χ3n) is 5.86. The summed E-state index contributed by atoms with van der Waals surface area (Å²) in [5.74, 6) is 0.735. The Morgan fingerprint density at radius 2 is 1.81 bits per heavy atom. The smallest absolute Gasteiger partial charge is 0.347 e. The van der Waals surface area contributed by atoms with Crippen molar-refractivity contribution in [2.24, 2.45) is 0 Å². The van der Waals surface area contributed by atoms with E-state index < -0.39 is 21.7 Å². The highest BCUT2D eigenvalue weighted by molar-refractivity contribution is 7.84. The molecule has 8 nitrogen and oxygen atoms in total. The summed E-state index contributed by atoms with van der Waals surface area (Å²) in [4.78, 5) is 13.2. The summed E-state index contributed by atoms with van der Waals surface area (Å²) in [5.41, 5.74) is 1.58. The number of hydrogen-bond acceptors (Lipinski definition) is 7. The van der Waals surface area contributed by atoms with Gasteiger partial charge in [-0.25, -0.2) is 13.7 Å². The quantitative estimate of drug-likeness (QED) is 0.354. The predicted octanol–water partition coefficient (Wildman–Crippen LogP) is 4.87. The van der Waals surface area contributed by atoms with E-state index in [-0.39, 0.29) is 17.9 Å². The van der Waals surface area contributed by atoms with Crippen LogP contribution in [0.3, 0.4) is 0 Å². The molecule has 36 heavy (non-hydrogen) atoms. The minimum atomic E-state index is -1.36. The number of ether oxygens (including phenoxy) is 5. The molecule has 0 aromatic heterocycles. The van der Waals surface area contributed by atoms with Gasteiger partial charge in [-0.15, -0.1) is 0 Å². The van der Waals surface area contributed by atoms with Crippen LogP contribution >= 0.6 is 0 Å². The predicted molar refractivity (Wildman–Crippen MR) is 139 cm³/mol. The van der Waals surface area contributed by atoms with Crippen molar-refractivity contribution in [2.45, 2.75) is 64.0 Å². The summed E-state index contributed by atoms with van der Waals surface area (Å²) in [5, 5.41) is 0. The molecule has 0 amide bonds. The van der Waals surface area contributed by atoms with E-state index in [1.54, 1.807) is 44.4 Å². The van der Waals surface area contributed by atoms with Crippen molar-refractivity contribution < 1.29 is 32.7 Å². The lowest BCUT2D eigenvalue weighted by Crippen LogP contribution is -2.36. The van der Waals surface area contributed by atoms with Gasteiger partial charge in [-0.1, -0.05) is 18.2 Å². The van der Waals surface area contributed by atoms with Crippen LogP contribution < -0.4 is 18.9 Å². The molecular weight excluding hydrogens is 482 g/mol. The van der Waals surface area contributed by atoms with Gasteiger partial charge in [0, 0.05) is 23.6 Å². The minimum Gasteiger partial charge on any atom is -0.496 e. The summed E-state index contributed by atoms with van der Waals surface area (Å²) in [6.45, 7) is 8.83. The molecule has 0 unspecified atom stereocenters. The van der Waals surface area contributed by atoms with Crippen molar-refractivity contribution in [1.29, 1.82) is 0 Å². The second-order valence-corrected chi connectivity index (χ2v) is 11.6. The Morgan fingerprint density at radius 1 is 1.14 bits per heavy atom. The molecule has 2 atom stereocenters. The molecule has 0 spiro atoms. The molecule has 1 saturated heterocycles. The van der Waals surface area contributed by atoms with Gasteiger partial charge in [-0.3, -0.25) is 0 Å². The summed E-state index contributed by atoms with van der Waals surface area (Å²) >= 11 is 0. The normalized spacial score (nSPS) is 16.3. The van der Waals surface area contributed by atoms with E-state index in [1.165, 1.54) is 7.11 Å². The lowest BCUT2D eigenvalue weighted by atomic mass is 9.95. The molecule has 0 aliphatic carbocycles. The topological polar surface area (TPSA) is 92.3 Å². The lowest BCUT2D eigenvalue weighted by Gasteiger charge is -2.29. The number of para-hydroxylation sites is 1. The lowest BCUT2D eigenvalue weighted by molar-refractivity contribution is -0.182. The number of carbonyl (C=O) groups excluding carboxylic acids is 1. The number of methoxy groups -OCH3 is 2. The highest BCUT2D eigenvalue weighted by atomic mass is 32.2. The van der Waals surface area contributed by atoms with E-state index in [2.05, 4.69) is 4.72 Å². The molecule has 9 heteroatoms. The Morgan fingerprint density at radius 3 is 2.39 bits per heavy atom. The van der Waals surface area contributed by atoms with Crippen molar-refractivity contribution in [3.8, 4) is 17.2 Å². The zero-order valence-corrected chi connectivity index (χ0v) is 22.7. The van der Waals surface area contributed by atoms with Crippen LogP contribution in [-0.2, 0) is 20.5 Å². The molecule has 0 bridgehead atoms. The Hall–Kier alpha value is -2.46. The Kier molecular flexibility index (Phi) is 9.90. The van der Waals surface area contributed by atoms with Gasteiger partial charge in [-0.05, 0) is 58.7 Å². The van der Waals surface area contributed by atoms with Crippen molar-refractivity contribution in [2.75, 3.05) is 27.4 Å². The minimum absolute atomic E-state index is 0.275. The Bertz CT molecular complexity index is 1050. The zero-order chi connectivity index (χ0) is 26.3. The third-order valence-corrected chi connectivity index (χ3v) is 7.47. The fraction of sp³-hybridized carbons (Fsp3) is 0.519. The van der Waals surface area contributed by atoms with E-state index in [0.717, 1.165) is 12.0 Å². The van der Waals surface area contributed by atoms with Gasteiger partial charge in [0.25, 0.3) is 0 Å². The maximum absolute atomic E-state index is 13.2. The molecule has 1 N–H and O–H groups in total. The molecule has 1 aliphatic rings. The second kappa shape index (κ2) is 12.7. The highest BCUT2D eigenvalue weighted by Crippen LogP contribution is 2.40. The maximum Gasteiger partial charge on any atom is 0.347 e. The Balaban J connectivity index is 1.99. The fourth-order valence-corrected chi connectivity index (χ4v) is 4.83.